The Balaban J connectivity index is 1.83. The highest BCUT2D eigenvalue weighted by molar-refractivity contribution is 5.94. The Kier molecular flexibility index (Phi) is 5.17. The van der Waals surface area contributed by atoms with E-state index in [0.29, 0.717) is 17.4 Å². The van der Waals surface area contributed by atoms with E-state index in [9.17, 15) is 4.79 Å². The Morgan fingerprint density at radius 1 is 1.12 bits per heavy atom. The molecule has 0 aliphatic rings. The van der Waals surface area contributed by atoms with E-state index in [1.165, 1.54) is 5.56 Å². The highest BCUT2D eigenvalue weighted by atomic mass is 16.3. The number of aromatic nitrogens is 1. The number of hydrogen-bond acceptors (Lipinski definition) is 3. The van der Waals surface area contributed by atoms with Crippen LogP contribution in [0.5, 0.6) is 0 Å². The maximum Gasteiger partial charge on any atom is 0.251 e. The summed E-state index contributed by atoms with van der Waals surface area (Å²) in [5.74, 6) is 0.867. The van der Waals surface area contributed by atoms with Crippen LogP contribution in [0.15, 0.2) is 52.9 Å². The molecule has 1 aromatic heterocycles. The second kappa shape index (κ2) is 7.51. The minimum absolute atomic E-state index is 0.101. The van der Waals surface area contributed by atoms with Crippen molar-refractivity contribution in [1.82, 2.24) is 10.3 Å². The Morgan fingerprint density at radius 2 is 1.84 bits per heavy atom. The van der Waals surface area contributed by atoms with Crippen molar-refractivity contribution in [3.05, 3.63) is 65.5 Å². The zero-order chi connectivity index (χ0) is 17.8. The Morgan fingerprint density at radius 3 is 2.48 bits per heavy atom. The molecular formula is C21H24N2O2. The Hall–Kier alpha value is -2.62. The fourth-order valence-corrected chi connectivity index (χ4v) is 2.87. The van der Waals surface area contributed by atoms with Gasteiger partial charge >= 0.3 is 0 Å². The topological polar surface area (TPSA) is 55.1 Å². The summed E-state index contributed by atoms with van der Waals surface area (Å²) < 4.78 is 5.88. The Labute approximate surface area is 148 Å². The van der Waals surface area contributed by atoms with E-state index in [4.69, 9.17) is 4.42 Å². The van der Waals surface area contributed by atoms with Crippen molar-refractivity contribution in [2.75, 3.05) is 0 Å². The van der Waals surface area contributed by atoms with Crippen LogP contribution in [-0.4, -0.2) is 10.9 Å². The van der Waals surface area contributed by atoms with Gasteiger partial charge in [0.25, 0.3) is 5.91 Å². The molecule has 1 N–H and O–H groups in total. The summed E-state index contributed by atoms with van der Waals surface area (Å²) in [6, 6.07) is 15.1. The molecular weight excluding hydrogens is 312 g/mol. The summed E-state index contributed by atoms with van der Waals surface area (Å²) in [6.45, 7) is 6.34. The minimum Gasteiger partial charge on any atom is -0.438 e. The lowest BCUT2D eigenvalue weighted by Crippen LogP contribution is -2.29. The summed E-state index contributed by atoms with van der Waals surface area (Å²) in [7, 11) is 0. The summed E-state index contributed by atoms with van der Waals surface area (Å²) in [5.41, 5.74) is 3.43. The van der Waals surface area contributed by atoms with E-state index < -0.39 is 0 Å². The lowest BCUT2D eigenvalue weighted by Gasteiger charge is -2.17. The van der Waals surface area contributed by atoms with Gasteiger partial charge in [-0.3, -0.25) is 4.79 Å². The maximum atomic E-state index is 12.6. The second-order valence-corrected chi connectivity index (χ2v) is 6.73. The summed E-state index contributed by atoms with van der Waals surface area (Å²) >= 11 is 0. The molecule has 0 unspecified atom stereocenters. The van der Waals surface area contributed by atoms with Crippen molar-refractivity contribution in [1.29, 1.82) is 0 Å². The van der Waals surface area contributed by atoms with E-state index in [1.54, 1.807) is 0 Å². The summed E-state index contributed by atoms with van der Waals surface area (Å²) in [4.78, 5) is 17.2. The van der Waals surface area contributed by atoms with Crippen LogP contribution in [-0.2, 0) is 6.42 Å². The largest absolute Gasteiger partial charge is 0.438 e. The van der Waals surface area contributed by atoms with Gasteiger partial charge in [-0.25, -0.2) is 4.98 Å². The van der Waals surface area contributed by atoms with Crippen LogP contribution >= 0.6 is 0 Å². The van der Waals surface area contributed by atoms with Crippen molar-refractivity contribution in [3.63, 3.8) is 0 Å². The van der Waals surface area contributed by atoms with Crippen LogP contribution in [0.4, 0.5) is 0 Å². The molecule has 0 aliphatic heterocycles. The van der Waals surface area contributed by atoms with Crippen molar-refractivity contribution in [3.8, 4) is 0 Å². The summed E-state index contributed by atoms with van der Waals surface area (Å²) in [5, 5.41) is 3.08. The molecule has 3 aromatic rings. The highest BCUT2D eigenvalue weighted by Crippen LogP contribution is 2.25. The van der Waals surface area contributed by atoms with Gasteiger partial charge in [0.15, 0.2) is 5.58 Å². The zero-order valence-electron chi connectivity index (χ0n) is 15.0. The van der Waals surface area contributed by atoms with Gasteiger partial charge in [-0.1, -0.05) is 45.0 Å². The number of amides is 1. The molecule has 0 bridgehead atoms. The number of carbonyl (C=O) groups is 1. The van der Waals surface area contributed by atoms with Crippen molar-refractivity contribution >= 4 is 17.0 Å². The van der Waals surface area contributed by atoms with E-state index in [0.717, 1.165) is 23.9 Å². The first-order valence-electron chi connectivity index (χ1n) is 8.82. The third-order valence-corrected chi connectivity index (χ3v) is 4.25. The van der Waals surface area contributed by atoms with E-state index in [1.807, 2.05) is 48.5 Å². The normalized spacial score (nSPS) is 12.5. The molecule has 1 atom stereocenters. The molecule has 0 radical (unpaired) electrons. The fourth-order valence-electron chi connectivity index (χ4n) is 2.87. The highest BCUT2D eigenvalue weighted by Gasteiger charge is 2.22. The molecule has 0 spiro atoms. The molecule has 1 heterocycles. The third-order valence-electron chi connectivity index (χ3n) is 4.25. The van der Waals surface area contributed by atoms with Crippen LogP contribution in [0.2, 0.25) is 0 Å². The van der Waals surface area contributed by atoms with Gasteiger partial charge in [-0.2, -0.15) is 0 Å². The second-order valence-electron chi connectivity index (χ2n) is 6.73. The SMILES string of the molecule is CCc1ccc(C(=O)N[C@H](CC(C)C)c2nc3ccccc3o2)cc1. The molecule has 0 saturated heterocycles. The molecule has 25 heavy (non-hydrogen) atoms. The lowest BCUT2D eigenvalue weighted by atomic mass is 10.0. The fraction of sp³-hybridized carbons (Fsp3) is 0.333. The molecule has 2 aromatic carbocycles. The van der Waals surface area contributed by atoms with Gasteiger partial charge in [0.1, 0.15) is 11.6 Å². The predicted octanol–water partition coefficient (Wildman–Crippen LogP) is 4.91. The van der Waals surface area contributed by atoms with Crippen LogP contribution in [0.1, 0.15) is 55.0 Å². The first kappa shape index (κ1) is 17.2. The smallest absolute Gasteiger partial charge is 0.251 e. The van der Waals surface area contributed by atoms with Crippen molar-refractivity contribution in [2.24, 2.45) is 5.92 Å². The van der Waals surface area contributed by atoms with Crippen molar-refractivity contribution < 1.29 is 9.21 Å². The molecule has 0 aliphatic carbocycles. The van der Waals surface area contributed by atoms with Gasteiger partial charge in [0.2, 0.25) is 5.89 Å². The number of rotatable bonds is 6. The maximum absolute atomic E-state index is 12.6. The van der Waals surface area contributed by atoms with Gasteiger partial charge in [0.05, 0.1) is 0 Å². The van der Waals surface area contributed by atoms with Crippen LogP contribution in [0, 0.1) is 5.92 Å². The number of oxazole rings is 1. The molecule has 0 fully saturated rings. The average Bonchev–Trinajstić information content (AvgIpc) is 3.05. The predicted molar refractivity (Wildman–Crippen MR) is 99.5 cm³/mol. The molecule has 130 valence electrons. The quantitative estimate of drug-likeness (QED) is 0.696. The number of fused-ring (bicyclic) bond motifs is 1. The van der Waals surface area contributed by atoms with E-state index >= 15 is 0 Å². The number of para-hydroxylation sites is 2. The van der Waals surface area contributed by atoms with Crippen LogP contribution in [0.3, 0.4) is 0 Å². The van der Waals surface area contributed by atoms with E-state index in [-0.39, 0.29) is 11.9 Å². The minimum atomic E-state index is -0.245. The first-order chi connectivity index (χ1) is 12.1. The number of nitrogens with one attached hydrogen (secondary N) is 1. The molecule has 0 saturated carbocycles. The molecule has 3 rings (SSSR count). The standard InChI is InChI=1S/C21H24N2O2/c1-4-15-9-11-16(12-10-15)20(24)22-18(13-14(2)3)21-23-17-7-5-6-8-19(17)25-21/h5-12,14,18H,4,13H2,1-3H3,(H,22,24)/t18-/m1/s1. The number of aryl methyl sites for hydroxylation is 1. The number of hydrogen-bond donors (Lipinski definition) is 1. The number of benzene rings is 2. The van der Waals surface area contributed by atoms with Crippen molar-refractivity contribution in [2.45, 2.75) is 39.7 Å². The first-order valence-corrected chi connectivity index (χ1v) is 8.82. The Bertz CT molecular complexity index is 817. The number of carbonyl (C=O) groups excluding carboxylic acids is 1. The molecule has 1 amide bonds. The molecule has 4 nitrogen and oxygen atoms in total. The van der Waals surface area contributed by atoms with Gasteiger partial charge < -0.3 is 9.73 Å². The van der Waals surface area contributed by atoms with Gasteiger partial charge in [-0.05, 0) is 48.6 Å². The average molecular weight is 336 g/mol. The zero-order valence-corrected chi connectivity index (χ0v) is 15.0. The molecule has 4 heteroatoms. The number of nitrogens with zero attached hydrogens (tertiary/aromatic N) is 1. The summed E-state index contributed by atoms with van der Waals surface area (Å²) in [6.07, 6.45) is 1.73. The van der Waals surface area contributed by atoms with Gasteiger partial charge in [-0.15, -0.1) is 0 Å². The lowest BCUT2D eigenvalue weighted by molar-refractivity contribution is 0.0925. The van der Waals surface area contributed by atoms with Gasteiger partial charge in [0, 0.05) is 5.56 Å². The van der Waals surface area contributed by atoms with Crippen LogP contribution < -0.4 is 5.32 Å². The van der Waals surface area contributed by atoms with E-state index in [2.05, 4.69) is 31.1 Å². The van der Waals surface area contributed by atoms with Crippen LogP contribution in [0.25, 0.3) is 11.1 Å². The monoisotopic (exact) mass is 336 g/mol. The third kappa shape index (κ3) is 4.08.